The molecule has 1 unspecified atom stereocenters. The van der Waals surface area contributed by atoms with Crippen LogP contribution in [0.5, 0.6) is 5.75 Å². The van der Waals surface area contributed by atoms with Crippen molar-refractivity contribution < 1.29 is 4.74 Å². The number of likely N-dealkylation sites (tertiary alicyclic amines) is 1. The van der Waals surface area contributed by atoms with Gasteiger partial charge in [0, 0.05) is 49.3 Å². The van der Waals surface area contributed by atoms with Crippen molar-refractivity contribution in [3.05, 3.63) is 61.8 Å². The van der Waals surface area contributed by atoms with Gasteiger partial charge in [0.1, 0.15) is 12.3 Å². The van der Waals surface area contributed by atoms with Gasteiger partial charge in [-0.2, -0.15) is 0 Å². The number of hydrogen-bond donors (Lipinski definition) is 2. The van der Waals surface area contributed by atoms with Crippen molar-refractivity contribution in [2.24, 2.45) is 0 Å². The number of pyridine rings is 3. The fourth-order valence-corrected chi connectivity index (χ4v) is 5.56. The van der Waals surface area contributed by atoms with Gasteiger partial charge < -0.3 is 20.3 Å². The maximum Gasteiger partial charge on any atom is 0.252 e. The minimum Gasteiger partial charge on any atom is -0.488 e. The van der Waals surface area contributed by atoms with E-state index in [1.54, 1.807) is 28.8 Å². The van der Waals surface area contributed by atoms with Crippen LogP contribution < -0.4 is 26.5 Å². The van der Waals surface area contributed by atoms with E-state index in [1.165, 1.54) is 0 Å². The zero-order valence-electron chi connectivity index (χ0n) is 18.8. The number of halogens is 1. The Kier molecular flexibility index (Phi) is 5.55. The number of anilines is 1. The van der Waals surface area contributed by atoms with Crippen molar-refractivity contribution in [3.8, 4) is 5.75 Å². The van der Waals surface area contributed by atoms with Gasteiger partial charge in [-0.25, -0.2) is 4.98 Å². The summed E-state index contributed by atoms with van der Waals surface area (Å²) in [5, 5.41) is 8.40. The molecule has 0 saturated carbocycles. The summed E-state index contributed by atoms with van der Waals surface area (Å²) in [6.07, 6.45) is 2.01. The van der Waals surface area contributed by atoms with Crippen LogP contribution in [0, 0.1) is 0 Å². The normalized spacial score (nSPS) is 20.2. The van der Waals surface area contributed by atoms with Gasteiger partial charge in [-0.1, -0.05) is 11.6 Å². The second-order valence-corrected chi connectivity index (χ2v) is 9.66. The van der Waals surface area contributed by atoms with Crippen LogP contribution in [0.4, 0.5) is 5.82 Å². The van der Waals surface area contributed by atoms with Crippen LogP contribution in [0.1, 0.15) is 24.6 Å². The summed E-state index contributed by atoms with van der Waals surface area (Å²) in [6, 6.07) is 8.99. The van der Waals surface area contributed by atoms with Crippen LogP contribution in [0.2, 0.25) is 5.02 Å². The fraction of sp³-hybridized carbons (Fsp3) is 0.458. The lowest BCUT2D eigenvalue weighted by Crippen LogP contribution is -2.44. The molecular formula is C24H27ClN6O3. The van der Waals surface area contributed by atoms with Crippen LogP contribution in [-0.4, -0.2) is 57.8 Å². The molecule has 178 valence electrons. The van der Waals surface area contributed by atoms with E-state index >= 15 is 0 Å². The summed E-state index contributed by atoms with van der Waals surface area (Å²) in [4.78, 5) is 32.1. The van der Waals surface area contributed by atoms with E-state index in [4.69, 9.17) is 16.3 Å². The predicted molar refractivity (Wildman–Crippen MR) is 131 cm³/mol. The van der Waals surface area contributed by atoms with E-state index in [-0.39, 0.29) is 17.2 Å². The van der Waals surface area contributed by atoms with Gasteiger partial charge >= 0.3 is 0 Å². The van der Waals surface area contributed by atoms with Gasteiger partial charge in [0.25, 0.3) is 11.1 Å². The number of aromatic nitrogens is 3. The zero-order valence-corrected chi connectivity index (χ0v) is 19.6. The summed E-state index contributed by atoms with van der Waals surface area (Å²) >= 11 is 6.42. The first-order chi connectivity index (χ1) is 16.6. The van der Waals surface area contributed by atoms with E-state index in [2.05, 4.69) is 20.5 Å². The summed E-state index contributed by atoms with van der Waals surface area (Å²) in [5.74, 6) is 1.46. The van der Waals surface area contributed by atoms with Gasteiger partial charge in [-0.15, -0.1) is 0 Å². The standard InChI is InChI=1S/C24H27ClN6O3/c25-18-11-20-23(26-7-10-34-20)28-19(18)12-27-16-5-8-29(9-6-16)13-17-14-30-21(32)3-1-15-2-4-22(33)31(17)24(15)30/h1-4,11,16-17,27H,5-10,12-14H2,(H,26,28). The van der Waals surface area contributed by atoms with Gasteiger partial charge in [-0.3, -0.25) is 18.7 Å². The lowest BCUT2D eigenvalue weighted by Gasteiger charge is -2.34. The topological polar surface area (TPSA) is 93.4 Å². The number of nitrogens with one attached hydrogen (secondary N) is 2. The molecule has 3 aliphatic heterocycles. The molecule has 6 rings (SSSR count). The van der Waals surface area contributed by atoms with Crippen LogP contribution in [0.3, 0.4) is 0 Å². The molecule has 3 aromatic heterocycles. The molecule has 9 nitrogen and oxygen atoms in total. The molecule has 3 aromatic rings. The molecule has 34 heavy (non-hydrogen) atoms. The first-order valence-electron chi connectivity index (χ1n) is 11.8. The monoisotopic (exact) mass is 482 g/mol. The Labute approximate surface area is 201 Å². The Morgan fingerprint density at radius 1 is 1.15 bits per heavy atom. The van der Waals surface area contributed by atoms with Gasteiger partial charge in [0.2, 0.25) is 0 Å². The largest absolute Gasteiger partial charge is 0.488 e. The molecule has 1 atom stereocenters. The Morgan fingerprint density at radius 2 is 1.94 bits per heavy atom. The summed E-state index contributed by atoms with van der Waals surface area (Å²) in [5.41, 5.74) is 1.48. The maximum atomic E-state index is 12.6. The highest BCUT2D eigenvalue weighted by molar-refractivity contribution is 6.31. The first-order valence-corrected chi connectivity index (χ1v) is 12.2. The number of rotatable bonds is 5. The van der Waals surface area contributed by atoms with Crippen LogP contribution in [0.15, 0.2) is 39.9 Å². The molecule has 0 amide bonds. The van der Waals surface area contributed by atoms with E-state index < -0.39 is 0 Å². The average molecular weight is 483 g/mol. The van der Waals surface area contributed by atoms with Crippen LogP contribution >= 0.6 is 11.6 Å². The highest BCUT2D eigenvalue weighted by atomic mass is 35.5. The first kappa shape index (κ1) is 21.6. The third-order valence-corrected chi connectivity index (χ3v) is 7.42. The summed E-state index contributed by atoms with van der Waals surface area (Å²) in [7, 11) is 0. The van der Waals surface area contributed by atoms with Crippen molar-refractivity contribution >= 4 is 28.5 Å². The van der Waals surface area contributed by atoms with Crippen molar-refractivity contribution in [2.45, 2.75) is 38.0 Å². The predicted octanol–water partition coefficient (Wildman–Crippen LogP) is 1.82. The molecule has 1 saturated heterocycles. The molecular weight excluding hydrogens is 456 g/mol. The SMILES string of the molecule is O=c1ccc2ccc(=O)n3c2n1CC3CN1CCC(NCc2nc3c(cc2Cl)OCCN3)CC1. The van der Waals surface area contributed by atoms with E-state index in [9.17, 15) is 9.59 Å². The van der Waals surface area contributed by atoms with Gasteiger partial charge in [0.05, 0.1) is 23.3 Å². The molecule has 1 fully saturated rings. The van der Waals surface area contributed by atoms with E-state index in [1.807, 2.05) is 10.6 Å². The second kappa shape index (κ2) is 8.72. The lowest BCUT2D eigenvalue weighted by molar-refractivity contribution is 0.171. The molecule has 0 radical (unpaired) electrons. The Balaban J connectivity index is 1.07. The second-order valence-electron chi connectivity index (χ2n) is 9.25. The summed E-state index contributed by atoms with van der Waals surface area (Å²) < 4.78 is 9.15. The maximum absolute atomic E-state index is 12.6. The van der Waals surface area contributed by atoms with Crippen LogP contribution in [0.25, 0.3) is 11.0 Å². The summed E-state index contributed by atoms with van der Waals surface area (Å²) in [6.45, 7) is 5.15. The van der Waals surface area contributed by atoms with Crippen molar-refractivity contribution in [1.29, 1.82) is 0 Å². The number of fused-ring (bicyclic) bond motifs is 1. The van der Waals surface area contributed by atoms with Crippen LogP contribution in [-0.2, 0) is 13.1 Å². The molecule has 0 aromatic carbocycles. The van der Waals surface area contributed by atoms with E-state index in [0.29, 0.717) is 36.5 Å². The Hall–Kier alpha value is -2.88. The Morgan fingerprint density at radius 3 is 2.76 bits per heavy atom. The average Bonchev–Trinajstić information content (AvgIpc) is 3.23. The molecule has 0 spiro atoms. The smallest absolute Gasteiger partial charge is 0.252 e. The molecule has 10 heteroatoms. The number of hydrogen-bond acceptors (Lipinski definition) is 7. The number of nitrogens with zero attached hydrogens (tertiary/aromatic N) is 4. The number of piperidine rings is 1. The molecule has 0 bridgehead atoms. The minimum absolute atomic E-state index is 0.0240. The quantitative estimate of drug-likeness (QED) is 0.573. The highest BCUT2D eigenvalue weighted by Gasteiger charge is 2.29. The Bertz CT molecular complexity index is 1360. The van der Waals surface area contributed by atoms with Crippen molar-refractivity contribution in [2.75, 3.05) is 38.1 Å². The third kappa shape index (κ3) is 3.87. The van der Waals surface area contributed by atoms with Crippen molar-refractivity contribution in [1.82, 2.24) is 24.3 Å². The third-order valence-electron chi connectivity index (χ3n) is 7.10. The molecule has 0 aliphatic carbocycles. The molecule has 2 N–H and O–H groups in total. The van der Waals surface area contributed by atoms with Crippen molar-refractivity contribution in [3.63, 3.8) is 0 Å². The van der Waals surface area contributed by atoms with E-state index in [0.717, 1.165) is 61.6 Å². The minimum atomic E-state index is -0.0477. The highest BCUT2D eigenvalue weighted by Crippen LogP contribution is 2.30. The molecule has 3 aliphatic rings. The number of ether oxygens (including phenoxy) is 1. The van der Waals surface area contributed by atoms with Gasteiger partial charge in [0.15, 0.2) is 11.6 Å². The lowest BCUT2D eigenvalue weighted by atomic mass is 10.0. The fourth-order valence-electron chi connectivity index (χ4n) is 5.35. The molecule has 6 heterocycles. The van der Waals surface area contributed by atoms with Gasteiger partial charge in [-0.05, 0) is 38.1 Å². The zero-order chi connectivity index (χ0) is 23.2.